The van der Waals surface area contributed by atoms with Gasteiger partial charge in [0.2, 0.25) is 11.6 Å². The Bertz CT molecular complexity index is 567. The number of halogens is 1. The molecule has 0 radical (unpaired) electrons. The molecule has 0 aromatic carbocycles. The van der Waals surface area contributed by atoms with Crippen molar-refractivity contribution in [1.29, 1.82) is 0 Å². The second-order valence-electron chi connectivity index (χ2n) is 9.67. The third-order valence-corrected chi connectivity index (χ3v) is 7.91. The van der Waals surface area contributed by atoms with E-state index in [4.69, 9.17) is 24.0 Å². The molecular weight excluding hydrogens is 362 g/mol. The minimum atomic E-state index is -1.26. The summed E-state index contributed by atoms with van der Waals surface area (Å²) in [6.07, 6.45) is 7.47. The van der Waals surface area contributed by atoms with Crippen LogP contribution >= 0.6 is 0 Å². The van der Waals surface area contributed by atoms with Crippen LogP contribution in [-0.2, 0) is 24.0 Å². The molecule has 1 saturated carbocycles. The molecule has 0 aromatic heterocycles. The van der Waals surface area contributed by atoms with Crippen LogP contribution in [0.3, 0.4) is 0 Å². The molecule has 5 aliphatic rings. The lowest BCUT2D eigenvalue weighted by atomic mass is 9.57. The third kappa shape index (κ3) is 3.16. The first-order valence-corrected chi connectivity index (χ1v) is 11.3. The summed E-state index contributed by atoms with van der Waals surface area (Å²) in [5, 5.41) is 0. The highest BCUT2D eigenvalue weighted by Crippen LogP contribution is 2.62. The van der Waals surface area contributed by atoms with Crippen LogP contribution in [0.2, 0.25) is 6.32 Å². The van der Waals surface area contributed by atoms with E-state index < -0.39 is 30.1 Å². The maximum atomic E-state index is 14.5. The van der Waals surface area contributed by atoms with Gasteiger partial charge in [0.1, 0.15) is 14.5 Å². The summed E-state index contributed by atoms with van der Waals surface area (Å²) in [6.45, 7) is 6.06. The van der Waals surface area contributed by atoms with Gasteiger partial charge in [0, 0.05) is 18.3 Å². The Hall–Kier alpha value is -0.205. The van der Waals surface area contributed by atoms with Gasteiger partial charge in [-0.1, -0.05) is 33.0 Å². The van der Waals surface area contributed by atoms with E-state index in [9.17, 15) is 4.39 Å². The Morgan fingerprint density at radius 1 is 1.04 bits per heavy atom. The van der Waals surface area contributed by atoms with Gasteiger partial charge < -0.3 is 14.2 Å². The minimum Gasteiger partial charge on any atom is -0.347 e. The summed E-state index contributed by atoms with van der Waals surface area (Å²) < 4.78 is 33.3. The van der Waals surface area contributed by atoms with Gasteiger partial charge in [-0.05, 0) is 44.4 Å². The first kappa shape index (κ1) is 21.0. The molecule has 0 N–H and O–H groups in total. The van der Waals surface area contributed by atoms with Crippen molar-refractivity contribution in [3.05, 3.63) is 0 Å². The van der Waals surface area contributed by atoms with E-state index >= 15 is 0 Å². The van der Waals surface area contributed by atoms with Crippen LogP contribution in [0.25, 0.3) is 0 Å². The zero-order chi connectivity index (χ0) is 20.0. The number of unbranched alkanes of at least 4 members (excludes halogenated alkanes) is 2. The number of hydrogen-bond acceptors (Lipinski definition) is 5. The van der Waals surface area contributed by atoms with Crippen molar-refractivity contribution in [3.63, 3.8) is 0 Å². The van der Waals surface area contributed by atoms with E-state index in [1.54, 1.807) is 0 Å². The average Bonchev–Trinajstić information content (AvgIpc) is 2.91. The number of fused-ring (bicyclic) bond motifs is 2. The van der Waals surface area contributed by atoms with Gasteiger partial charge in [-0.25, -0.2) is 14.2 Å². The molecule has 28 heavy (non-hydrogen) atoms. The fraction of sp³-hybridized carbons (Fsp3) is 1.00. The molecular formula is C21H36BFO5. The van der Waals surface area contributed by atoms with Crippen molar-refractivity contribution in [2.45, 2.75) is 95.5 Å². The molecule has 1 unspecified atom stereocenters. The van der Waals surface area contributed by atoms with Crippen LogP contribution in [-0.4, -0.2) is 44.6 Å². The lowest BCUT2D eigenvalue weighted by molar-refractivity contribution is -0.587. The number of ether oxygens (including phenoxy) is 3. The number of hydrogen-bond donors (Lipinski definition) is 0. The first-order chi connectivity index (χ1) is 13.4. The molecule has 5 rings (SSSR count). The molecule has 8 atom stereocenters. The Morgan fingerprint density at radius 2 is 1.86 bits per heavy atom. The zero-order valence-corrected chi connectivity index (χ0v) is 17.9. The molecule has 4 heterocycles. The van der Waals surface area contributed by atoms with Crippen molar-refractivity contribution in [2.24, 2.45) is 23.7 Å². The highest BCUT2D eigenvalue weighted by Gasteiger charge is 2.72. The second kappa shape index (κ2) is 7.80. The summed E-state index contributed by atoms with van der Waals surface area (Å²) in [5.74, 6) is -1.38. The van der Waals surface area contributed by atoms with Crippen LogP contribution in [0.4, 0.5) is 4.39 Å². The average molecular weight is 398 g/mol. The van der Waals surface area contributed by atoms with Gasteiger partial charge in [0.25, 0.3) is 0 Å². The monoisotopic (exact) mass is 398 g/mol. The summed E-state index contributed by atoms with van der Waals surface area (Å²) >= 11 is 0. The van der Waals surface area contributed by atoms with Crippen LogP contribution in [0.15, 0.2) is 0 Å². The topological polar surface area (TPSA) is 46.2 Å². The normalized spacial score (nSPS) is 50.2. The van der Waals surface area contributed by atoms with Crippen molar-refractivity contribution in [3.8, 4) is 0 Å². The molecule has 1 spiro atoms. The molecule has 2 bridgehead atoms. The Labute approximate surface area is 169 Å². The molecule has 4 saturated heterocycles. The lowest BCUT2D eigenvalue weighted by Crippen LogP contribution is -2.73. The van der Waals surface area contributed by atoms with E-state index in [-0.39, 0.29) is 17.8 Å². The summed E-state index contributed by atoms with van der Waals surface area (Å²) in [5.41, 5.74) is -0.669. The molecule has 0 aromatic rings. The molecule has 0 amide bonds. The second-order valence-corrected chi connectivity index (χ2v) is 9.67. The van der Waals surface area contributed by atoms with Crippen molar-refractivity contribution >= 4 is 7.85 Å². The SMILES string of the molecule is BCCCCCO[C@@]1(CF)O[C@@H]2O[C@]3(C)CCC4[C@H](C)CC[C@@H]([C@H]1C)[C@]42OO3. The maximum absolute atomic E-state index is 14.5. The van der Waals surface area contributed by atoms with E-state index in [2.05, 4.69) is 21.7 Å². The predicted molar refractivity (Wildman–Crippen MR) is 105 cm³/mol. The molecule has 5 fully saturated rings. The maximum Gasteiger partial charge on any atom is 0.202 e. The van der Waals surface area contributed by atoms with Gasteiger partial charge in [0.05, 0.1) is 6.61 Å². The molecule has 1 aliphatic carbocycles. The van der Waals surface area contributed by atoms with E-state index in [1.807, 2.05) is 6.92 Å². The van der Waals surface area contributed by atoms with Gasteiger partial charge in [-0.15, -0.1) is 0 Å². The highest BCUT2D eigenvalue weighted by atomic mass is 19.1. The minimum absolute atomic E-state index is 0.0847. The van der Waals surface area contributed by atoms with Crippen LogP contribution in [0.1, 0.15) is 65.7 Å². The van der Waals surface area contributed by atoms with Crippen molar-refractivity contribution in [1.82, 2.24) is 0 Å². The fourth-order valence-electron chi connectivity index (χ4n) is 6.11. The quantitative estimate of drug-likeness (QED) is 0.371. The number of rotatable bonds is 7. The Balaban J connectivity index is 1.61. The standard InChI is InChI=1S/C21H36BFO5/c1-14-7-8-17-15(2)20(13-23,24-12-6-4-5-11-22)26-18-21(17)16(14)9-10-19(3,25-18)27-28-21/h14-18H,4-13,22H2,1-3H3/t14-,15-,16?,17+,18+,19+,20+,21-/m1/s1. The molecule has 5 nitrogen and oxygen atoms in total. The van der Waals surface area contributed by atoms with Gasteiger partial charge in [0.15, 0.2) is 11.9 Å². The lowest BCUT2D eigenvalue weighted by Gasteiger charge is -2.62. The highest BCUT2D eigenvalue weighted by molar-refractivity contribution is 6.08. The van der Waals surface area contributed by atoms with Crippen LogP contribution < -0.4 is 0 Å². The molecule has 7 heteroatoms. The van der Waals surface area contributed by atoms with Gasteiger partial charge >= 0.3 is 0 Å². The molecule has 4 aliphatic heterocycles. The Morgan fingerprint density at radius 3 is 2.61 bits per heavy atom. The fourth-order valence-corrected chi connectivity index (χ4v) is 6.11. The van der Waals surface area contributed by atoms with Gasteiger partial charge in [-0.2, -0.15) is 0 Å². The van der Waals surface area contributed by atoms with E-state index in [0.717, 1.165) is 44.8 Å². The summed E-state index contributed by atoms with van der Waals surface area (Å²) in [6, 6.07) is 0. The van der Waals surface area contributed by atoms with E-state index in [0.29, 0.717) is 12.5 Å². The van der Waals surface area contributed by atoms with Crippen molar-refractivity contribution < 1.29 is 28.4 Å². The van der Waals surface area contributed by atoms with Crippen molar-refractivity contribution in [2.75, 3.05) is 13.3 Å². The van der Waals surface area contributed by atoms with E-state index in [1.165, 1.54) is 6.42 Å². The predicted octanol–water partition coefficient (Wildman–Crippen LogP) is 3.77. The summed E-state index contributed by atoms with van der Waals surface area (Å²) in [4.78, 5) is 11.9. The van der Waals surface area contributed by atoms with Crippen LogP contribution in [0.5, 0.6) is 0 Å². The van der Waals surface area contributed by atoms with Gasteiger partial charge in [-0.3, -0.25) is 0 Å². The Kier molecular flexibility index (Phi) is 5.87. The number of alkyl halides is 1. The summed E-state index contributed by atoms with van der Waals surface area (Å²) in [7, 11) is 2.18. The third-order valence-electron chi connectivity index (χ3n) is 7.91. The first-order valence-electron chi connectivity index (χ1n) is 11.3. The molecule has 160 valence electrons. The largest absolute Gasteiger partial charge is 0.347 e. The smallest absolute Gasteiger partial charge is 0.202 e. The van der Waals surface area contributed by atoms with Crippen LogP contribution in [0, 0.1) is 23.7 Å². The zero-order valence-electron chi connectivity index (χ0n) is 17.9.